The number of ketones is 2. The van der Waals surface area contributed by atoms with Crippen molar-refractivity contribution < 1.29 is 18.7 Å². The van der Waals surface area contributed by atoms with Crippen LogP contribution in [0.15, 0.2) is 82.4 Å². The molecule has 1 aliphatic heterocycles. The van der Waals surface area contributed by atoms with Crippen LogP contribution in [0.1, 0.15) is 37.6 Å². The quantitative estimate of drug-likeness (QED) is 0.535. The summed E-state index contributed by atoms with van der Waals surface area (Å²) >= 11 is 0. The topological polar surface area (TPSA) is 80.9 Å². The van der Waals surface area contributed by atoms with E-state index in [1.54, 1.807) is 42.7 Å². The SMILES string of the molecule is O=C1c2ccccc2C(=O)c2c3c(cc(NCc4ccco4)c21)OC1C=CC=CC1=N3. The van der Waals surface area contributed by atoms with Crippen LogP contribution in [0.25, 0.3) is 0 Å². The number of nitrogens with one attached hydrogen (secondary N) is 1. The average Bonchev–Trinajstić information content (AvgIpc) is 3.33. The van der Waals surface area contributed by atoms with Crippen molar-refractivity contribution in [3.05, 3.63) is 101 Å². The molecule has 150 valence electrons. The minimum Gasteiger partial charge on any atom is -0.478 e. The number of rotatable bonds is 3. The number of carbonyl (C=O) groups excluding carboxylic acids is 2. The fraction of sp³-hybridized carbons (Fsp3) is 0.0800. The van der Waals surface area contributed by atoms with Crippen LogP contribution in [0.3, 0.4) is 0 Å². The Morgan fingerprint density at radius 1 is 0.968 bits per heavy atom. The molecule has 3 aliphatic rings. The molecule has 2 heterocycles. The van der Waals surface area contributed by atoms with Crippen molar-refractivity contribution in [2.75, 3.05) is 5.32 Å². The van der Waals surface area contributed by atoms with Gasteiger partial charge < -0.3 is 14.5 Å². The number of carbonyl (C=O) groups is 2. The summed E-state index contributed by atoms with van der Waals surface area (Å²) in [7, 11) is 0. The number of benzene rings is 2. The molecule has 6 nitrogen and oxygen atoms in total. The molecule has 6 heteroatoms. The summed E-state index contributed by atoms with van der Waals surface area (Å²) in [5, 5.41) is 3.25. The van der Waals surface area contributed by atoms with E-state index in [9.17, 15) is 9.59 Å². The van der Waals surface area contributed by atoms with Gasteiger partial charge in [-0.25, -0.2) is 4.99 Å². The van der Waals surface area contributed by atoms with Gasteiger partial charge in [-0.1, -0.05) is 36.4 Å². The lowest BCUT2D eigenvalue weighted by Crippen LogP contribution is -2.30. The predicted octanol–water partition coefficient (Wildman–Crippen LogP) is 4.63. The summed E-state index contributed by atoms with van der Waals surface area (Å²) in [6.45, 7) is 0.363. The van der Waals surface area contributed by atoms with E-state index in [-0.39, 0.29) is 23.2 Å². The number of allylic oxidation sites excluding steroid dienone is 2. The first-order valence-electron chi connectivity index (χ1n) is 9.96. The molecule has 31 heavy (non-hydrogen) atoms. The number of fused-ring (bicyclic) bond motifs is 5. The van der Waals surface area contributed by atoms with Gasteiger partial charge in [0.25, 0.3) is 0 Å². The third-order valence-corrected chi connectivity index (χ3v) is 5.62. The number of anilines is 1. The predicted molar refractivity (Wildman–Crippen MR) is 116 cm³/mol. The monoisotopic (exact) mass is 408 g/mol. The molecular weight excluding hydrogens is 392 g/mol. The molecule has 2 aromatic carbocycles. The molecule has 6 rings (SSSR count). The molecule has 1 atom stereocenters. The van der Waals surface area contributed by atoms with Crippen molar-refractivity contribution in [2.24, 2.45) is 4.99 Å². The number of nitrogens with zero attached hydrogens (tertiary/aromatic N) is 1. The van der Waals surface area contributed by atoms with Crippen molar-refractivity contribution in [3.63, 3.8) is 0 Å². The molecule has 3 aromatic rings. The highest BCUT2D eigenvalue weighted by molar-refractivity contribution is 6.32. The molecule has 0 saturated heterocycles. The molecule has 0 radical (unpaired) electrons. The normalized spacial score (nSPS) is 17.8. The summed E-state index contributed by atoms with van der Waals surface area (Å²) in [6.07, 6.45) is 8.79. The Labute approximate surface area is 177 Å². The molecular formula is C25H16N2O4. The standard InChI is InChI=1S/C25H16N2O4/c28-24-15-7-1-2-8-16(15)25(29)22-21(24)18(26-13-14-6-5-11-30-14)12-20-23(22)27-17-9-3-4-10-19(17)31-20/h1-12,19,26H,13H2. The number of hydrogen-bond donors (Lipinski definition) is 1. The number of aliphatic imine (C=N–C) groups is 1. The van der Waals surface area contributed by atoms with E-state index in [1.165, 1.54) is 0 Å². The molecule has 1 aromatic heterocycles. The molecule has 0 fully saturated rings. The summed E-state index contributed by atoms with van der Waals surface area (Å²) < 4.78 is 11.6. The van der Waals surface area contributed by atoms with E-state index in [0.29, 0.717) is 51.8 Å². The first kappa shape index (κ1) is 17.7. The van der Waals surface area contributed by atoms with Crippen LogP contribution in [-0.2, 0) is 6.54 Å². The zero-order valence-corrected chi connectivity index (χ0v) is 16.3. The zero-order valence-electron chi connectivity index (χ0n) is 16.3. The van der Waals surface area contributed by atoms with Crippen molar-refractivity contribution in [1.29, 1.82) is 0 Å². The number of hydrogen-bond acceptors (Lipinski definition) is 6. The van der Waals surface area contributed by atoms with Crippen molar-refractivity contribution in [2.45, 2.75) is 12.6 Å². The maximum Gasteiger partial charge on any atom is 0.196 e. The van der Waals surface area contributed by atoms with E-state index < -0.39 is 0 Å². The number of furan rings is 1. The fourth-order valence-corrected chi connectivity index (χ4v) is 4.17. The highest BCUT2D eigenvalue weighted by Gasteiger charge is 2.37. The molecule has 1 unspecified atom stereocenters. The molecule has 2 aliphatic carbocycles. The van der Waals surface area contributed by atoms with Gasteiger partial charge in [0, 0.05) is 17.2 Å². The van der Waals surface area contributed by atoms with Gasteiger partial charge >= 0.3 is 0 Å². The average molecular weight is 408 g/mol. The van der Waals surface area contributed by atoms with E-state index in [0.717, 1.165) is 0 Å². The third kappa shape index (κ3) is 2.69. The van der Waals surface area contributed by atoms with Gasteiger partial charge in [0.15, 0.2) is 17.7 Å². The summed E-state index contributed by atoms with van der Waals surface area (Å²) in [4.78, 5) is 31.7. The Morgan fingerprint density at radius 2 is 1.77 bits per heavy atom. The van der Waals surface area contributed by atoms with Gasteiger partial charge in [-0.2, -0.15) is 0 Å². The third-order valence-electron chi connectivity index (χ3n) is 5.62. The first-order valence-corrected chi connectivity index (χ1v) is 9.96. The summed E-state index contributed by atoms with van der Waals surface area (Å²) in [5.74, 6) is 0.735. The molecule has 0 bridgehead atoms. The Kier molecular flexibility index (Phi) is 3.80. The largest absolute Gasteiger partial charge is 0.478 e. The summed E-state index contributed by atoms with van der Waals surface area (Å²) in [6, 6.07) is 12.3. The Morgan fingerprint density at radius 3 is 2.55 bits per heavy atom. The maximum atomic E-state index is 13.5. The van der Waals surface area contributed by atoms with Gasteiger partial charge in [0.05, 0.1) is 35.3 Å². The van der Waals surface area contributed by atoms with Crippen LogP contribution in [0.5, 0.6) is 5.75 Å². The van der Waals surface area contributed by atoms with Crippen LogP contribution in [0, 0.1) is 0 Å². The zero-order chi connectivity index (χ0) is 20.9. The van der Waals surface area contributed by atoms with Gasteiger partial charge in [-0.3, -0.25) is 9.59 Å². The van der Waals surface area contributed by atoms with Crippen molar-refractivity contribution in [1.82, 2.24) is 0 Å². The highest BCUT2D eigenvalue weighted by Crippen LogP contribution is 2.46. The van der Waals surface area contributed by atoms with Crippen molar-refractivity contribution >= 4 is 28.7 Å². The van der Waals surface area contributed by atoms with E-state index in [4.69, 9.17) is 14.1 Å². The van der Waals surface area contributed by atoms with E-state index in [2.05, 4.69) is 5.32 Å². The van der Waals surface area contributed by atoms with Crippen LogP contribution in [-0.4, -0.2) is 23.4 Å². The fourth-order valence-electron chi connectivity index (χ4n) is 4.17. The minimum absolute atomic E-state index is 0.212. The smallest absolute Gasteiger partial charge is 0.196 e. The van der Waals surface area contributed by atoms with Gasteiger partial charge in [-0.15, -0.1) is 0 Å². The Hall–Kier alpha value is -4.19. The summed E-state index contributed by atoms with van der Waals surface area (Å²) in [5.41, 5.74) is 2.99. The van der Waals surface area contributed by atoms with Crippen LogP contribution in [0.4, 0.5) is 11.4 Å². The molecule has 0 amide bonds. The van der Waals surface area contributed by atoms with Crippen LogP contribution in [0.2, 0.25) is 0 Å². The Balaban J connectivity index is 1.56. The highest BCUT2D eigenvalue weighted by atomic mass is 16.5. The second-order valence-electron chi connectivity index (χ2n) is 7.48. The van der Waals surface area contributed by atoms with Crippen LogP contribution < -0.4 is 10.1 Å². The lowest BCUT2D eigenvalue weighted by atomic mass is 9.81. The van der Waals surface area contributed by atoms with Crippen LogP contribution >= 0.6 is 0 Å². The van der Waals surface area contributed by atoms with Gasteiger partial charge in [0.1, 0.15) is 17.2 Å². The molecule has 1 N–H and O–H groups in total. The Bertz CT molecular complexity index is 1350. The van der Waals surface area contributed by atoms with Gasteiger partial charge in [-0.05, 0) is 24.3 Å². The van der Waals surface area contributed by atoms with E-state index >= 15 is 0 Å². The second-order valence-corrected chi connectivity index (χ2v) is 7.48. The maximum absolute atomic E-state index is 13.5. The minimum atomic E-state index is -0.324. The van der Waals surface area contributed by atoms with Crippen molar-refractivity contribution in [3.8, 4) is 5.75 Å². The van der Waals surface area contributed by atoms with Gasteiger partial charge in [0.2, 0.25) is 0 Å². The second kappa shape index (κ2) is 6.67. The molecule has 0 saturated carbocycles. The first-order chi connectivity index (χ1) is 15.2. The lowest BCUT2D eigenvalue weighted by Gasteiger charge is -2.29. The lowest BCUT2D eigenvalue weighted by molar-refractivity contribution is 0.0979. The number of ether oxygens (including phenoxy) is 1. The molecule has 0 spiro atoms. The van der Waals surface area contributed by atoms with E-state index in [1.807, 2.05) is 30.4 Å².